The number of halogens is 1. The van der Waals surface area contributed by atoms with Crippen molar-refractivity contribution in [3.8, 4) is 0 Å². The molecule has 2 heterocycles. The maximum atomic E-state index is 5.90. The predicted octanol–water partition coefficient (Wildman–Crippen LogP) is 3.22. The van der Waals surface area contributed by atoms with Gasteiger partial charge in [-0.2, -0.15) is 0 Å². The molecule has 4 heteroatoms. The molecule has 2 unspecified atom stereocenters. The number of para-hydroxylation sites is 1. The topological polar surface area (TPSA) is 25.4 Å². The molecule has 3 nitrogen and oxygen atoms in total. The number of alkyl halides is 1. The summed E-state index contributed by atoms with van der Waals surface area (Å²) in [7, 11) is 0. The van der Waals surface area contributed by atoms with E-state index in [0.29, 0.717) is 0 Å². The van der Waals surface area contributed by atoms with Crippen molar-refractivity contribution in [3.05, 3.63) is 36.5 Å². The molecule has 1 aliphatic rings. The third kappa shape index (κ3) is 2.60. The Kier molecular flexibility index (Phi) is 3.71. The maximum absolute atomic E-state index is 5.90. The van der Waals surface area contributed by atoms with Crippen molar-refractivity contribution in [1.82, 2.24) is 4.98 Å². The molecule has 0 radical (unpaired) electrons. The van der Waals surface area contributed by atoms with Gasteiger partial charge in [0.1, 0.15) is 0 Å². The summed E-state index contributed by atoms with van der Waals surface area (Å²) in [6, 6.07) is 10.4. The van der Waals surface area contributed by atoms with Crippen molar-refractivity contribution < 1.29 is 4.74 Å². The van der Waals surface area contributed by atoms with E-state index >= 15 is 0 Å². The number of ether oxygens (including phenoxy) is 1. The molecule has 1 fully saturated rings. The number of fused-ring (bicyclic) bond motifs is 1. The number of anilines is 1. The van der Waals surface area contributed by atoms with Gasteiger partial charge in [-0.25, -0.2) is 0 Å². The summed E-state index contributed by atoms with van der Waals surface area (Å²) in [6.07, 6.45) is 2.39. The molecule has 2 aromatic rings. The fourth-order valence-electron chi connectivity index (χ4n) is 2.68. The second-order valence-corrected chi connectivity index (χ2v) is 5.62. The first-order valence-electron chi connectivity index (χ1n) is 6.58. The Bertz CT molecular complexity index is 570. The fourth-order valence-corrected chi connectivity index (χ4v) is 3.04. The largest absolute Gasteiger partial charge is 0.371 e. The van der Waals surface area contributed by atoms with Gasteiger partial charge in [0.05, 0.1) is 17.7 Å². The predicted molar refractivity (Wildman–Crippen MR) is 82.1 cm³/mol. The zero-order valence-corrected chi connectivity index (χ0v) is 12.5. The summed E-state index contributed by atoms with van der Waals surface area (Å²) < 4.78 is 5.90. The molecule has 19 heavy (non-hydrogen) atoms. The second-order valence-electron chi connectivity index (χ2n) is 4.98. The van der Waals surface area contributed by atoms with Crippen LogP contribution in [0, 0.1) is 0 Å². The lowest BCUT2D eigenvalue weighted by molar-refractivity contribution is -0.00190. The van der Waals surface area contributed by atoms with Crippen LogP contribution < -0.4 is 4.90 Å². The van der Waals surface area contributed by atoms with Crippen molar-refractivity contribution in [3.63, 3.8) is 0 Å². The van der Waals surface area contributed by atoms with Crippen molar-refractivity contribution >= 4 is 32.5 Å². The van der Waals surface area contributed by atoms with Gasteiger partial charge >= 0.3 is 0 Å². The molecule has 0 bridgehead atoms. The van der Waals surface area contributed by atoms with E-state index in [1.165, 1.54) is 11.1 Å². The fraction of sp³-hybridized carbons (Fsp3) is 0.400. The van der Waals surface area contributed by atoms with Gasteiger partial charge in [-0.05, 0) is 19.1 Å². The minimum absolute atomic E-state index is 0.246. The molecule has 0 amide bonds. The number of pyridine rings is 1. The van der Waals surface area contributed by atoms with Gasteiger partial charge in [0, 0.05) is 35.7 Å². The first-order valence-corrected chi connectivity index (χ1v) is 7.70. The van der Waals surface area contributed by atoms with Crippen LogP contribution in [0.4, 0.5) is 5.69 Å². The Labute approximate surface area is 121 Å². The van der Waals surface area contributed by atoms with Crippen LogP contribution in [-0.4, -0.2) is 35.6 Å². The number of benzene rings is 1. The van der Waals surface area contributed by atoms with E-state index < -0.39 is 0 Å². The standard InChI is InChI=1S/C15H17BrN2O/c1-11-9-18(10-12(8-16)19-11)15-6-7-17-14-5-3-2-4-13(14)15/h2-7,11-12H,8-10H2,1H3. The van der Waals surface area contributed by atoms with Crippen LogP contribution in [0.3, 0.4) is 0 Å². The van der Waals surface area contributed by atoms with Crippen LogP contribution in [0.1, 0.15) is 6.92 Å². The third-order valence-corrected chi connectivity index (χ3v) is 4.19. The Balaban J connectivity index is 1.99. The Morgan fingerprint density at radius 3 is 3.00 bits per heavy atom. The van der Waals surface area contributed by atoms with Gasteiger partial charge in [-0.1, -0.05) is 34.1 Å². The summed E-state index contributed by atoms with van der Waals surface area (Å²) in [6.45, 7) is 3.98. The molecule has 1 aliphatic heterocycles. The van der Waals surface area contributed by atoms with Gasteiger partial charge < -0.3 is 9.64 Å². The quantitative estimate of drug-likeness (QED) is 0.794. The summed E-state index contributed by atoms with van der Waals surface area (Å²) in [4.78, 5) is 6.83. The number of nitrogens with zero attached hydrogens (tertiary/aromatic N) is 2. The van der Waals surface area contributed by atoms with Gasteiger partial charge in [0.2, 0.25) is 0 Å². The lowest BCUT2D eigenvalue weighted by atomic mass is 10.1. The summed E-state index contributed by atoms with van der Waals surface area (Å²) in [5.74, 6) is 0. The van der Waals surface area contributed by atoms with Crippen LogP contribution in [0.5, 0.6) is 0 Å². The lowest BCUT2D eigenvalue weighted by Gasteiger charge is -2.38. The molecule has 0 spiro atoms. The number of morpholine rings is 1. The molecule has 0 saturated carbocycles. The smallest absolute Gasteiger partial charge is 0.0850 e. The highest BCUT2D eigenvalue weighted by Crippen LogP contribution is 2.28. The Morgan fingerprint density at radius 1 is 1.32 bits per heavy atom. The Morgan fingerprint density at radius 2 is 2.16 bits per heavy atom. The normalized spacial score (nSPS) is 23.8. The molecule has 3 rings (SSSR count). The second kappa shape index (κ2) is 5.47. The monoisotopic (exact) mass is 320 g/mol. The molecular formula is C15H17BrN2O. The van der Waals surface area contributed by atoms with E-state index in [9.17, 15) is 0 Å². The number of aromatic nitrogens is 1. The number of rotatable bonds is 2. The molecule has 0 N–H and O–H groups in total. The Hall–Kier alpha value is -1.13. The van der Waals surface area contributed by atoms with Gasteiger partial charge in [-0.15, -0.1) is 0 Å². The van der Waals surface area contributed by atoms with E-state index in [-0.39, 0.29) is 12.2 Å². The zero-order valence-electron chi connectivity index (χ0n) is 10.9. The van der Waals surface area contributed by atoms with E-state index in [4.69, 9.17) is 4.74 Å². The highest BCUT2D eigenvalue weighted by atomic mass is 79.9. The van der Waals surface area contributed by atoms with Crippen molar-refractivity contribution in [2.45, 2.75) is 19.1 Å². The average Bonchev–Trinajstić information content (AvgIpc) is 2.46. The van der Waals surface area contributed by atoms with Crippen molar-refractivity contribution in [2.75, 3.05) is 23.3 Å². The van der Waals surface area contributed by atoms with Crippen LogP contribution in [-0.2, 0) is 4.74 Å². The summed E-state index contributed by atoms with van der Waals surface area (Å²) >= 11 is 3.52. The number of hydrogen-bond acceptors (Lipinski definition) is 3. The van der Waals surface area contributed by atoms with Gasteiger partial charge in [-0.3, -0.25) is 4.98 Å². The van der Waals surface area contributed by atoms with Crippen LogP contribution in [0.15, 0.2) is 36.5 Å². The zero-order chi connectivity index (χ0) is 13.2. The summed E-state index contributed by atoms with van der Waals surface area (Å²) in [5.41, 5.74) is 2.31. The maximum Gasteiger partial charge on any atom is 0.0850 e. The van der Waals surface area contributed by atoms with Crippen LogP contribution in [0.2, 0.25) is 0 Å². The van der Waals surface area contributed by atoms with E-state index in [0.717, 1.165) is 23.9 Å². The first kappa shape index (κ1) is 12.9. The molecule has 1 aromatic carbocycles. The minimum Gasteiger partial charge on any atom is -0.371 e. The molecule has 1 saturated heterocycles. The molecule has 0 aliphatic carbocycles. The van der Waals surface area contributed by atoms with E-state index in [1.54, 1.807) is 0 Å². The highest BCUT2D eigenvalue weighted by Gasteiger charge is 2.25. The van der Waals surface area contributed by atoms with E-state index in [1.807, 2.05) is 12.3 Å². The number of hydrogen-bond donors (Lipinski definition) is 0. The van der Waals surface area contributed by atoms with Crippen LogP contribution >= 0.6 is 15.9 Å². The average molecular weight is 321 g/mol. The molecule has 1 aromatic heterocycles. The first-order chi connectivity index (χ1) is 9.28. The summed E-state index contributed by atoms with van der Waals surface area (Å²) in [5, 5.41) is 2.09. The van der Waals surface area contributed by atoms with Crippen molar-refractivity contribution in [1.29, 1.82) is 0 Å². The van der Waals surface area contributed by atoms with Gasteiger partial charge in [0.25, 0.3) is 0 Å². The molecule has 100 valence electrons. The molecule has 2 atom stereocenters. The van der Waals surface area contributed by atoms with Crippen molar-refractivity contribution in [2.24, 2.45) is 0 Å². The third-order valence-electron chi connectivity index (χ3n) is 3.47. The lowest BCUT2D eigenvalue weighted by Crippen LogP contribution is -2.47. The highest BCUT2D eigenvalue weighted by molar-refractivity contribution is 9.09. The van der Waals surface area contributed by atoms with E-state index in [2.05, 4.69) is 57.0 Å². The molecular weight excluding hydrogens is 304 g/mol. The van der Waals surface area contributed by atoms with Crippen LogP contribution in [0.25, 0.3) is 10.9 Å². The minimum atomic E-state index is 0.246. The SMILES string of the molecule is CC1CN(c2ccnc3ccccc23)CC(CBr)O1. The van der Waals surface area contributed by atoms with Gasteiger partial charge in [0.15, 0.2) is 0 Å².